The van der Waals surface area contributed by atoms with E-state index in [0.29, 0.717) is 6.42 Å². The fourth-order valence-corrected chi connectivity index (χ4v) is 1.57. The Morgan fingerprint density at radius 2 is 2.44 bits per heavy atom. The van der Waals surface area contributed by atoms with Crippen molar-refractivity contribution in [2.24, 2.45) is 0 Å². The van der Waals surface area contributed by atoms with Gasteiger partial charge in [-0.25, -0.2) is 0 Å². The monoisotopic (exact) mass is 224 g/mol. The van der Waals surface area contributed by atoms with E-state index in [1.807, 2.05) is 0 Å². The van der Waals surface area contributed by atoms with E-state index in [2.05, 4.69) is 6.58 Å². The van der Waals surface area contributed by atoms with Gasteiger partial charge in [0.2, 0.25) is 0 Å². The zero-order valence-electron chi connectivity index (χ0n) is 9.47. The smallest absolute Gasteiger partial charge is 0.305 e. The molecule has 0 amide bonds. The number of hydrogen-bond acceptors (Lipinski definition) is 4. The second-order valence-corrected chi connectivity index (χ2v) is 3.54. The Labute approximate surface area is 94.9 Å². The first-order valence-corrected chi connectivity index (χ1v) is 4.97. The third kappa shape index (κ3) is 2.59. The standard InChI is InChI=1S/C12H16O4/c1-4-5-10-6-7-11(14)12(8-10,15-3)16-9(2)13/h4,6-8,11,14H,1,5H2,2-3H3. The minimum absolute atomic E-state index is 0.509. The SMILES string of the molecule is C=CCC1=CC(OC)(OC(C)=O)C(O)C=C1. The van der Waals surface area contributed by atoms with Gasteiger partial charge < -0.3 is 14.6 Å². The van der Waals surface area contributed by atoms with Crippen LogP contribution in [0, 0.1) is 0 Å². The van der Waals surface area contributed by atoms with E-state index in [-0.39, 0.29) is 0 Å². The first kappa shape index (κ1) is 12.7. The van der Waals surface area contributed by atoms with Crippen LogP contribution in [0.25, 0.3) is 0 Å². The molecular formula is C12H16O4. The molecule has 16 heavy (non-hydrogen) atoms. The van der Waals surface area contributed by atoms with Gasteiger partial charge in [0.25, 0.3) is 5.79 Å². The molecule has 1 rings (SSSR count). The van der Waals surface area contributed by atoms with Crippen molar-refractivity contribution < 1.29 is 19.4 Å². The molecule has 2 atom stereocenters. The van der Waals surface area contributed by atoms with Crippen molar-refractivity contribution in [3.05, 3.63) is 36.5 Å². The Kier molecular flexibility index (Phi) is 4.04. The zero-order valence-corrected chi connectivity index (χ0v) is 9.47. The van der Waals surface area contributed by atoms with Gasteiger partial charge in [0.05, 0.1) is 0 Å². The number of rotatable bonds is 4. The number of hydrogen-bond donors (Lipinski definition) is 1. The van der Waals surface area contributed by atoms with Crippen LogP contribution in [0.15, 0.2) is 36.5 Å². The van der Waals surface area contributed by atoms with E-state index < -0.39 is 17.9 Å². The predicted molar refractivity (Wildman–Crippen MR) is 59.5 cm³/mol. The van der Waals surface area contributed by atoms with Gasteiger partial charge in [0.15, 0.2) is 0 Å². The molecule has 1 N–H and O–H groups in total. The molecule has 0 fully saturated rings. The van der Waals surface area contributed by atoms with Gasteiger partial charge >= 0.3 is 5.97 Å². The molecule has 88 valence electrons. The van der Waals surface area contributed by atoms with E-state index in [0.717, 1.165) is 5.57 Å². The highest BCUT2D eigenvalue weighted by atomic mass is 16.7. The highest BCUT2D eigenvalue weighted by molar-refractivity contribution is 5.67. The van der Waals surface area contributed by atoms with Gasteiger partial charge in [-0.1, -0.05) is 12.2 Å². The minimum Gasteiger partial charge on any atom is -0.426 e. The molecule has 4 heteroatoms. The number of carbonyl (C=O) groups is 1. The van der Waals surface area contributed by atoms with Crippen LogP contribution in [0.1, 0.15) is 13.3 Å². The maximum Gasteiger partial charge on any atom is 0.305 e. The molecule has 0 saturated heterocycles. The second-order valence-electron chi connectivity index (χ2n) is 3.54. The first-order chi connectivity index (χ1) is 7.54. The first-order valence-electron chi connectivity index (χ1n) is 4.97. The normalized spacial score (nSPS) is 28.4. The molecule has 1 aliphatic rings. The van der Waals surface area contributed by atoms with Crippen molar-refractivity contribution >= 4 is 5.97 Å². The van der Waals surface area contributed by atoms with Crippen LogP contribution in [0.4, 0.5) is 0 Å². The summed E-state index contributed by atoms with van der Waals surface area (Å²) in [4.78, 5) is 11.0. The Morgan fingerprint density at radius 3 is 2.94 bits per heavy atom. The molecule has 0 aromatic heterocycles. The second kappa shape index (κ2) is 5.09. The molecule has 0 radical (unpaired) electrons. The van der Waals surface area contributed by atoms with Gasteiger partial charge in [0, 0.05) is 14.0 Å². The van der Waals surface area contributed by atoms with Crippen LogP contribution in [0.2, 0.25) is 0 Å². The molecule has 0 heterocycles. The molecular weight excluding hydrogens is 208 g/mol. The number of esters is 1. The number of methoxy groups -OCH3 is 1. The summed E-state index contributed by atoms with van der Waals surface area (Å²) in [6, 6.07) is 0. The lowest BCUT2D eigenvalue weighted by molar-refractivity contribution is -0.225. The average molecular weight is 224 g/mol. The Bertz CT molecular complexity index is 343. The largest absolute Gasteiger partial charge is 0.426 e. The highest BCUT2D eigenvalue weighted by Gasteiger charge is 2.40. The maximum absolute atomic E-state index is 11.0. The molecule has 0 spiro atoms. The zero-order chi connectivity index (χ0) is 12.2. The topological polar surface area (TPSA) is 55.8 Å². The number of aliphatic hydroxyl groups excluding tert-OH is 1. The average Bonchev–Trinajstić information content (AvgIpc) is 2.22. The van der Waals surface area contributed by atoms with Gasteiger partial charge in [-0.3, -0.25) is 4.79 Å². The number of aliphatic hydroxyl groups is 1. The van der Waals surface area contributed by atoms with Crippen LogP contribution in [-0.2, 0) is 14.3 Å². The summed E-state index contributed by atoms with van der Waals surface area (Å²) in [5.74, 6) is -1.93. The van der Waals surface area contributed by atoms with Crippen molar-refractivity contribution in [3.8, 4) is 0 Å². The van der Waals surface area contributed by atoms with Crippen molar-refractivity contribution in [3.63, 3.8) is 0 Å². The molecule has 0 bridgehead atoms. The van der Waals surface area contributed by atoms with E-state index in [4.69, 9.17) is 9.47 Å². The third-order valence-electron chi connectivity index (χ3n) is 2.29. The summed E-state index contributed by atoms with van der Waals surface area (Å²) in [6.07, 6.45) is 6.23. The summed E-state index contributed by atoms with van der Waals surface area (Å²) >= 11 is 0. The van der Waals surface area contributed by atoms with Crippen LogP contribution >= 0.6 is 0 Å². The quantitative estimate of drug-likeness (QED) is 0.444. The van der Waals surface area contributed by atoms with Crippen molar-refractivity contribution in [2.75, 3.05) is 7.11 Å². The fraction of sp³-hybridized carbons (Fsp3) is 0.417. The summed E-state index contributed by atoms with van der Waals surface area (Å²) < 4.78 is 10.2. The molecule has 0 aliphatic heterocycles. The van der Waals surface area contributed by atoms with Gasteiger partial charge in [-0.15, -0.1) is 6.58 Å². The van der Waals surface area contributed by atoms with Gasteiger partial charge in [0.1, 0.15) is 6.10 Å². The Balaban J connectivity index is 3.00. The van der Waals surface area contributed by atoms with E-state index in [9.17, 15) is 9.90 Å². The van der Waals surface area contributed by atoms with Crippen LogP contribution < -0.4 is 0 Å². The van der Waals surface area contributed by atoms with Crippen molar-refractivity contribution in [2.45, 2.75) is 25.2 Å². The summed E-state index contributed by atoms with van der Waals surface area (Å²) in [6.45, 7) is 4.89. The fourth-order valence-electron chi connectivity index (χ4n) is 1.57. The number of allylic oxidation sites excluding steroid dienone is 3. The molecule has 0 saturated carbocycles. The van der Waals surface area contributed by atoms with Crippen LogP contribution in [0.5, 0.6) is 0 Å². The van der Waals surface area contributed by atoms with Crippen LogP contribution in [0.3, 0.4) is 0 Å². The predicted octanol–water partition coefficient (Wildman–Crippen LogP) is 1.33. The van der Waals surface area contributed by atoms with Crippen LogP contribution in [-0.4, -0.2) is 30.1 Å². The van der Waals surface area contributed by atoms with Gasteiger partial charge in [-0.2, -0.15) is 0 Å². The molecule has 2 unspecified atom stereocenters. The number of carbonyl (C=O) groups excluding carboxylic acids is 1. The van der Waals surface area contributed by atoms with E-state index in [1.165, 1.54) is 20.1 Å². The van der Waals surface area contributed by atoms with E-state index in [1.54, 1.807) is 18.2 Å². The minimum atomic E-state index is -1.42. The molecule has 0 aromatic rings. The van der Waals surface area contributed by atoms with E-state index >= 15 is 0 Å². The lowest BCUT2D eigenvalue weighted by atomic mass is 9.97. The highest BCUT2D eigenvalue weighted by Crippen LogP contribution is 2.28. The molecule has 0 aromatic carbocycles. The summed E-state index contributed by atoms with van der Waals surface area (Å²) in [5, 5.41) is 9.79. The van der Waals surface area contributed by atoms with Crippen molar-refractivity contribution in [1.82, 2.24) is 0 Å². The number of ether oxygens (including phenoxy) is 2. The lowest BCUT2D eigenvalue weighted by Crippen LogP contribution is -2.46. The Morgan fingerprint density at radius 1 is 1.75 bits per heavy atom. The van der Waals surface area contributed by atoms with Gasteiger partial charge in [-0.05, 0) is 24.1 Å². The lowest BCUT2D eigenvalue weighted by Gasteiger charge is -2.34. The Hall–Kier alpha value is -1.39. The molecule has 1 aliphatic carbocycles. The third-order valence-corrected chi connectivity index (χ3v) is 2.29. The van der Waals surface area contributed by atoms with Crippen molar-refractivity contribution in [1.29, 1.82) is 0 Å². The molecule has 4 nitrogen and oxygen atoms in total. The maximum atomic E-state index is 11.0. The summed E-state index contributed by atoms with van der Waals surface area (Å²) in [5.41, 5.74) is 0.878. The summed E-state index contributed by atoms with van der Waals surface area (Å²) in [7, 11) is 1.38.